The zero-order valence-electron chi connectivity index (χ0n) is 7.09. The summed E-state index contributed by atoms with van der Waals surface area (Å²) in [6.07, 6.45) is 6.93. The largest absolute Gasteiger partial charge is 0.256 e. The molecule has 0 aliphatic rings. The number of rotatable bonds is 0. The molecule has 0 aliphatic heterocycles. The van der Waals surface area contributed by atoms with Gasteiger partial charge in [-0.1, -0.05) is 29.1 Å². The summed E-state index contributed by atoms with van der Waals surface area (Å²) in [5.74, 6) is 2.50. The van der Waals surface area contributed by atoms with Crippen LogP contribution in [0, 0.1) is 12.3 Å². The average molecular weight is 222 g/mol. The van der Waals surface area contributed by atoms with Crippen molar-refractivity contribution in [3.05, 3.63) is 40.0 Å². The number of fused-ring (bicyclic) bond motifs is 1. The molecular formula is C11H5Cl2N. The third-order valence-electron chi connectivity index (χ3n) is 1.93. The summed E-state index contributed by atoms with van der Waals surface area (Å²) in [7, 11) is 0. The molecule has 0 aliphatic carbocycles. The van der Waals surface area contributed by atoms with Crippen molar-refractivity contribution in [3.63, 3.8) is 0 Å². The number of terminal acetylenes is 1. The van der Waals surface area contributed by atoms with E-state index in [1.165, 1.54) is 0 Å². The summed E-state index contributed by atoms with van der Waals surface area (Å²) in [6, 6.07) is 5.21. The second-order valence-electron chi connectivity index (χ2n) is 2.79. The first-order valence-electron chi connectivity index (χ1n) is 3.93. The molecule has 0 saturated carbocycles. The third-order valence-corrected chi connectivity index (χ3v) is 2.57. The number of pyridine rings is 1. The van der Waals surface area contributed by atoms with Gasteiger partial charge >= 0.3 is 0 Å². The second-order valence-corrected chi connectivity index (χ2v) is 3.60. The van der Waals surface area contributed by atoms with Crippen LogP contribution in [0.5, 0.6) is 0 Å². The van der Waals surface area contributed by atoms with Crippen LogP contribution in [0.15, 0.2) is 24.4 Å². The predicted molar refractivity (Wildman–Crippen MR) is 59.7 cm³/mol. The van der Waals surface area contributed by atoms with Gasteiger partial charge < -0.3 is 0 Å². The maximum Gasteiger partial charge on any atom is 0.0732 e. The molecule has 1 aromatic heterocycles. The summed E-state index contributed by atoms with van der Waals surface area (Å²) in [5, 5.41) is 1.98. The Kier molecular flexibility index (Phi) is 2.33. The van der Waals surface area contributed by atoms with Crippen LogP contribution in [-0.4, -0.2) is 4.98 Å². The number of hydrogen-bond acceptors (Lipinski definition) is 1. The van der Waals surface area contributed by atoms with Gasteiger partial charge in [-0.2, -0.15) is 0 Å². The van der Waals surface area contributed by atoms with E-state index in [9.17, 15) is 0 Å². The first kappa shape index (κ1) is 9.33. The predicted octanol–water partition coefficient (Wildman–Crippen LogP) is 3.52. The molecule has 14 heavy (non-hydrogen) atoms. The van der Waals surface area contributed by atoms with Gasteiger partial charge in [0.05, 0.1) is 15.6 Å². The maximum absolute atomic E-state index is 5.99. The maximum atomic E-state index is 5.99. The molecule has 0 atom stereocenters. The van der Waals surface area contributed by atoms with Crippen LogP contribution >= 0.6 is 23.2 Å². The Morgan fingerprint density at radius 1 is 1.21 bits per heavy atom. The minimum absolute atomic E-state index is 0.523. The van der Waals surface area contributed by atoms with E-state index in [1.807, 2.05) is 0 Å². The van der Waals surface area contributed by atoms with Gasteiger partial charge in [-0.25, -0.2) is 0 Å². The molecular weight excluding hydrogens is 217 g/mol. The molecule has 1 nitrogen and oxygen atoms in total. The molecule has 0 bridgehead atoms. The van der Waals surface area contributed by atoms with Crippen molar-refractivity contribution < 1.29 is 0 Å². The summed E-state index contributed by atoms with van der Waals surface area (Å²) in [6.45, 7) is 0. The molecule has 0 spiro atoms. The number of aromatic nitrogens is 1. The lowest BCUT2D eigenvalue weighted by atomic mass is 10.1. The first-order chi connectivity index (χ1) is 6.72. The molecule has 0 fully saturated rings. The van der Waals surface area contributed by atoms with E-state index in [0.29, 0.717) is 15.6 Å². The van der Waals surface area contributed by atoms with Crippen molar-refractivity contribution in [2.45, 2.75) is 0 Å². The van der Waals surface area contributed by atoms with Gasteiger partial charge in [-0.15, -0.1) is 6.42 Å². The molecule has 0 N–H and O–H groups in total. The Labute approximate surface area is 91.7 Å². The van der Waals surface area contributed by atoms with Gasteiger partial charge in [0.25, 0.3) is 0 Å². The Hall–Kier alpha value is -1.23. The summed E-state index contributed by atoms with van der Waals surface area (Å²) >= 11 is 11.9. The van der Waals surface area contributed by atoms with E-state index < -0.39 is 0 Å². The van der Waals surface area contributed by atoms with Crippen molar-refractivity contribution in [2.75, 3.05) is 0 Å². The van der Waals surface area contributed by atoms with E-state index in [0.717, 1.165) is 10.9 Å². The lowest BCUT2D eigenvalue weighted by molar-refractivity contribution is 1.41. The lowest BCUT2D eigenvalue weighted by Crippen LogP contribution is -1.83. The fourth-order valence-electron chi connectivity index (χ4n) is 1.24. The molecule has 0 radical (unpaired) electrons. The van der Waals surface area contributed by atoms with E-state index >= 15 is 0 Å². The van der Waals surface area contributed by atoms with Crippen molar-refractivity contribution in [1.29, 1.82) is 0 Å². The topological polar surface area (TPSA) is 12.9 Å². The van der Waals surface area contributed by atoms with Gasteiger partial charge in [0.1, 0.15) is 0 Å². The Morgan fingerprint density at radius 2 is 2.00 bits per heavy atom. The molecule has 0 unspecified atom stereocenters. The minimum Gasteiger partial charge on any atom is -0.256 e. The highest BCUT2D eigenvalue weighted by Gasteiger charge is 2.04. The molecule has 3 heteroatoms. The Bertz CT molecular complexity index is 541. The van der Waals surface area contributed by atoms with Crippen LogP contribution in [0.3, 0.4) is 0 Å². The first-order valence-corrected chi connectivity index (χ1v) is 4.68. The Balaban J connectivity index is 2.89. The van der Waals surface area contributed by atoms with Crippen LogP contribution in [0.2, 0.25) is 10.0 Å². The molecule has 1 heterocycles. The van der Waals surface area contributed by atoms with Crippen LogP contribution in [0.4, 0.5) is 0 Å². The van der Waals surface area contributed by atoms with Crippen LogP contribution < -0.4 is 0 Å². The van der Waals surface area contributed by atoms with Gasteiger partial charge in [0.2, 0.25) is 0 Å². The zero-order chi connectivity index (χ0) is 10.1. The van der Waals surface area contributed by atoms with Gasteiger partial charge in [0, 0.05) is 17.1 Å². The van der Waals surface area contributed by atoms with Gasteiger partial charge in [-0.05, 0) is 18.2 Å². The summed E-state index contributed by atoms with van der Waals surface area (Å²) < 4.78 is 0. The molecule has 0 amide bonds. The van der Waals surface area contributed by atoms with Crippen LogP contribution in [0.25, 0.3) is 10.9 Å². The molecule has 2 aromatic rings. The van der Waals surface area contributed by atoms with Crippen molar-refractivity contribution in [1.82, 2.24) is 4.98 Å². The highest BCUT2D eigenvalue weighted by Crippen LogP contribution is 2.26. The number of nitrogens with zero attached hydrogens (tertiary/aromatic N) is 1. The number of halogens is 2. The monoisotopic (exact) mass is 221 g/mol. The normalized spacial score (nSPS) is 10.1. The number of benzene rings is 1. The fourth-order valence-corrected chi connectivity index (χ4v) is 1.66. The average Bonchev–Trinajstić information content (AvgIpc) is 2.17. The molecule has 2 rings (SSSR count). The quantitative estimate of drug-likeness (QED) is 0.621. The second kappa shape index (κ2) is 3.49. The highest BCUT2D eigenvalue weighted by molar-refractivity contribution is 6.36. The van der Waals surface area contributed by atoms with Crippen molar-refractivity contribution in [2.24, 2.45) is 0 Å². The molecule has 0 saturated heterocycles. The summed E-state index contributed by atoms with van der Waals surface area (Å²) in [4.78, 5) is 4.14. The van der Waals surface area contributed by atoms with Crippen LogP contribution in [-0.2, 0) is 0 Å². The highest BCUT2D eigenvalue weighted by atomic mass is 35.5. The van der Waals surface area contributed by atoms with E-state index in [1.54, 1.807) is 24.4 Å². The van der Waals surface area contributed by atoms with E-state index in [-0.39, 0.29) is 0 Å². The van der Waals surface area contributed by atoms with Crippen molar-refractivity contribution in [3.8, 4) is 12.3 Å². The Morgan fingerprint density at radius 3 is 2.71 bits per heavy atom. The van der Waals surface area contributed by atoms with Crippen LogP contribution in [0.1, 0.15) is 5.56 Å². The zero-order valence-corrected chi connectivity index (χ0v) is 8.60. The van der Waals surface area contributed by atoms with Crippen molar-refractivity contribution >= 4 is 34.1 Å². The van der Waals surface area contributed by atoms with Gasteiger partial charge in [-0.3, -0.25) is 4.98 Å². The molecule has 1 aromatic carbocycles. The standard InChI is InChI=1S/C11H5Cl2N/c1-2-7-5-8-9(12)3-4-14-11(8)6-10(7)13/h1,3-6H. The van der Waals surface area contributed by atoms with E-state index in [4.69, 9.17) is 29.6 Å². The smallest absolute Gasteiger partial charge is 0.0732 e. The third kappa shape index (κ3) is 1.43. The summed E-state index contributed by atoms with van der Waals surface area (Å²) in [5.41, 5.74) is 1.38. The fraction of sp³-hybridized carbons (Fsp3) is 0. The molecule has 68 valence electrons. The lowest BCUT2D eigenvalue weighted by Gasteiger charge is -2.02. The minimum atomic E-state index is 0.523. The van der Waals surface area contributed by atoms with E-state index in [2.05, 4.69) is 10.9 Å². The van der Waals surface area contributed by atoms with Gasteiger partial charge in [0.15, 0.2) is 0 Å². The SMILES string of the molecule is C#Cc1cc2c(Cl)ccnc2cc1Cl. The number of hydrogen-bond donors (Lipinski definition) is 0.